The van der Waals surface area contributed by atoms with Gasteiger partial charge in [0.25, 0.3) is 0 Å². The van der Waals surface area contributed by atoms with E-state index in [1.54, 1.807) is 4.57 Å². The average molecular weight is 250 g/mol. The van der Waals surface area contributed by atoms with Crippen LogP contribution in [0.1, 0.15) is 13.8 Å². The van der Waals surface area contributed by atoms with E-state index >= 15 is 0 Å². The summed E-state index contributed by atoms with van der Waals surface area (Å²) in [5.41, 5.74) is 0.144. The van der Waals surface area contributed by atoms with Crippen LogP contribution in [-0.2, 0) is 6.54 Å². The Bertz CT molecular complexity index is 302. The number of hydrogen-bond donors (Lipinski definition) is 0. The summed E-state index contributed by atoms with van der Waals surface area (Å²) in [6, 6.07) is 0. The number of nitrogens with zero attached hydrogens (tertiary/aromatic N) is 1. The van der Waals surface area contributed by atoms with Crippen LogP contribution in [0.5, 0.6) is 0 Å². The number of aromatic nitrogens is 1. The minimum absolute atomic E-state index is 0.129. The van der Waals surface area contributed by atoms with Crippen LogP contribution < -0.4 is 4.87 Å². The molecule has 0 aromatic carbocycles. The first-order valence-electron chi connectivity index (χ1n) is 3.75. The Labute approximate surface area is 84.4 Å². The Kier molecular flexibility index (Phi) is 3.12. The highest BCUT2D eigenvalue weighted by Crippen LogP contribution is 2.19. The van der Waals surface area contributed by atoms with Crippen molar-refractivity contribution in [3.8, 4) is 0 Å². The highest BCUT2D eigenvalue weighted by Gasteiger charge is 2.17. The summed E-state index contributed by atoms with van der Waals surface area (Å²) in [6.07, 6.45) is 1.84. The molecule has 1 rings (SSSR count). The molecule has 0 aliphatic carbocycles. The highest BCUT2D eigenvalue weighted by atomic mass is 79.9. The van der Waals surface area contributed by atoms with Crippen molar-refractivity contribution in [3.63, 3.8) is 0 Å². The summed E-state index contributed by atoms with van der Waals surface area (Å²) in [5.74, 6) is 0. The van der Waals surface area contributed by atoms with E-state index in [0.717, 1.165) is 11.9 Å². The molecule has 1 heterocycles. The van der Waals surface area contributed by atoms with Gasteiger partial charge in [-0.2, -0.15) is 0 Å². The fourth-order valence-electron chi connectivity index (χ4n) is 0.911. The van der Waals surface area contributed by atoms with E-state index in [-0.39, 0.29) is 10.3 Å². The molecule has 0 atom stereocenters. The molecule has 12 heavy (non-hydrogen) atoms. The monoisotopic (exact) mass is 249 g/mol. The second kappa shape index (κ2) is 3.75. The van der Waals surface area contributed by atoms with Gasteiger partial charge in [0, 0.05) is 23.5 Å². The molecule has 1 aromatic rings. The molecule has 0 spiro atoms. The first kappa shape index (κ1) is 9.99. The third-order valence-electron chi connectivity index (χ3n) is 1.60. The number of halogens is 1. The average Bonchev–Trinajstić information content (AvgIpc) is 2.36. The quantitative estimate of drug-likeness (QED) is 0.754. The van der Waals surface area contributed by atoms with Gasteiger partial charge in [0.1, 0.15) is 0 Å². The predicted octanol–water partition coefficient (Wildman–Crippen LogP) is 2.33. The largest absolute Gasteiger partial charge is 0.307 e. The minimum atomic E-state index is 0.129. The van der Waals surface area contributed by atoms with Gasteiger partial charge >= 0.3 is 4.87 Å². The van der Waals surface area contributed by atoms with Crippen LogP contribution in [0.4, 0.5) is 0 Å². The van der Waals surface area contributed by atoms with Crippen molar-refractivity contribution in [3.05, 3.63) is 21.2 Å². The zero-order valence-corrected chi connectivity index (χ0v) is 9.61. The van der Waals surface area contributed by atoms with Crippen molar-refractivity contribution in [1.29, 1.82) is 0 Å². The van der Waals surface area contributed by atoms with Crippen molar-refractivity contribution >= 4 is 27.3 Å². The van der Waals surface area contributed by atoms with Gasteiger partial charge in [-0.25, -0.2) is 0 Å². The molecule has 0 fully saturated rings. The number of rotatable bonds is 3. The third-order valence-corrected chi connectivity index (χ3v) is 3.82. The fraction of sp³-hybridized carbons (Fsp3) is 0.625. The second-order valence-corrected chi connectivity index (χ2v) is 5.01. The van der Waals surface area contributed by atoms with Crippen molar-refractivity contribution < 1.29 is 0 Å². The van der Waals surface area contributed by atoms with E-state index in [0.29, 0.717) is 0 Å². The van der Waals surface area contributed by atoms with Crippen molar-refractivity contribution in [2.75, 3.05) is 5.33 Å². The van der Waals surface area contributed by atoms with Crippen LogP contribution in [0.15, 0.2) is 16.4 Å². The van der Waals surface area contributed by atoms with E-state index in [1.165, 1.54) is 11.3 Å². The van der Waals surface area contributed by atoms with Gasteiger partial charge in [-0.05, 0) is 5.41 Å². The van der Waals surface area contributed by atoms with Gasteiger partial charge in [-0.1, -0.05) is 41.1 Å². The summed E-state index contributed by atoms with van der Waals surface area (Å²) >= 11 is 4.68. The molecule has 0 aliphatic heterocycles. The van der Waals surface area contributed by atoms with Crippen LogP contribution in [-0.4, -0.2) is 9.90 Å². The SMILES string of the molecule is CC(C)(CBr)Cn1ccsc1=O. The number of hydrogen-bond acceptors (Lipinski definition) is 2. The predicted molar refractivity (Wildman–Crippen MR) is 56.2 cm³/mol. The molecular formula is C8H12BrNOS. The van der Waals surface area contributed by atoms with Crippen LogP contribution in [0.2, 0.25) is 0 Å². The molecular weight excluding hydrogens is 238 g/mol. The minimum Gasteiger partial charge on any atom is -0.305 e. The Morgan fingerprint density at radius 3 is 2.75 bits per heavy atom. The lowest BCUT2D eigenvalue weighted by molar-refractivity contribution is 0.352. The normalized spacial score (nSPS) is 11.9. The van der Waals surface area contributed by atoms with Gasteiger partial charge in [0.2, 0.25) is 0 Å². The number of thiazole rings is 1. The molecule has 4 heteroatoms. The molecule has 1 aromatic heterocycles. The van der Waals surface area contributed by atoms with E-state index in [2.05, 4.69) is 29.8 Å². The van der Waals surface area contributed by atoms with Gasteiger partial charge in [0.05, 0.1) is 0 Å². The first-order chi connectivity index (χ1) is 5.55. The molecule has 0 saturated heterocycles. The zero-order valence-electron chi connectivity index (χ0n) is 7.21. The van der Waals surface area contributed by atoms with Gasteiger partial charge in [0.15, 0.2) is 0 Å². The highest BCUT2D eigenvalue weighted by molar-refractivity contribution is 9.09. The summed E-state index contributed by atoms with van der Waals surface area (Å²) < 4.78 is 1.76. The Hall–Kier alpha value is -0.0900. The lowest BCUT2D eigenvalue weighted by atomic mass is 9.97. The number of alkyl halides is 1. The van der Waals surface area contributed by atoms with E-state index in [4.69, 9.17) is 0 Å². The molecule has 0 unspecified atom stereocenters. The lowest BCUT2D eigenvalue weighted by Crippen LogP contribution is -2.25. The van der Waals surface area contributed by atoms with Gasteiger partial charge < -0.3 is 4.57 Å². The van der Waals surface area contributed by atoms with E-state index < -0.39 is 0 Å². The van der Waals surface area contributed by atoms with Crippen LogP contribution in [0, 0.1) is 5.41 Å². The maximum atomic E-state index is 11.2. The molecule has 2 nitrogen and oxygen atoms in total. The van der Waals surface area contributed by atoms with Crippen molar-refractivity contribution in [1.82, 2.24) is 4.57 Å². The Morgan fingerprint density at radius 1 is 1.67 bits per heavy atom. The molecule has 68 valence electrons. The van der Waals surface area contributed by atoms with Crippen molar-refractivity contribution in [2.24, 2.45) is 5.41 Å². The van der Waals surface area contributed by atoms with E-state index in [9.17, 15) is 4.79 Å². The van der Waals surface area contributed by atoms with Gasteiger partial charge in [-0.15, -0.1) is 0 Å². The molecule has 0 bridgehead atoms. The summed E-state index contributed by atoms with van der Waals surface area (Å²) in [4.78, 5) is 11.3. The smallest absolute Gasteiger partial charge is 0.305 e. The molecule has 0 aliphatic rings. The van der Waals surface area contributed by atoms with Crippen LogP contribution >= 0.6 is 27.3 Å². The van der Waals surface area contributed by atoms with Crippen LogP contribution in [0.3, 0.4) is 0 Å². The third kappa shape index (κ3) is 2.45. The standard InChI is InChI=1S/C8H12BrNOS/c1-8(2,5-9)6-10-3-4-12-7(10)11/h3-4H,5-6H2,1-2H3. The Morgan fingerprint density at radius 2 is 2.33 bits per heavy atom. The lowest BCUT2D eigenvalue weighted by Gasteiger charge is -2.21. The molecule has 0 radical (unpaired) electrons. The molecule has 0 amide bonds. The van der Waals surface area contributed by atoms with E-state index in [1.807, 2.05) is 11.6 Å². The van der Waals surface area contributed by atoms with Crippen molar-refractivity contribution in [2.45, 2.75) is 20.4 Å². The molecule has 0 saturated carbocycles. The van der Waals surface area contributed by atoms with Gasteiger partial charge in [-0.3, -0.25) is 4.79 Å². The maximum Gasteiger partial charge on any atom is 0.307 e. The second-order valence-electron chi connectivity index (χ2n) is 3.59. The summed E-state index contributed by atoms with van der Waals surface area (Å²) in [5, 5.41) is 2.73. The topological polar surface area (TPSA) is 22.0 Å². The Balaban J connectivity index is 2.77. The molecule has 0 N–H and O–H groups in total. The zero-order chi connectivity index (χ0) is 9.19. The maximum absolute atomic E-state index is 11.2. The van der Waals surface area contributed by atoms with Crippen LogP contribution in [0.25, 0.3) is 0 Å². The fourth-order valence-corrected chi connectivity index (χ4v) is 1.67. The summed E-state index contributed by atoms with van der Waals surface area (Å²) in [6.45, 7) is 5.04. The summed E-state index contributed by atoms with van der Waals surface area (Å²) in [7, 11) is 0. The first-order valence-corrected chi connectivity index (χ1v) is 5.75.